The zero-order chi connectivity index (χ0) is 14.9. The minimum Gasteiger partial charge on any atom is -1.00 e. The van der Waals surface area contributed by atoms with Crippen LogP contribution in [0.5, 0.6) is 0 Å². The molecule has 0 spiro atoms. The summed E-state index contributed by atoms with van der Waals surface area (Å²) in [5.41, 5.74) is 5.91. The maximum atomic E-state index is 2.42. The summed E-state index contributed by atoms with van der Waals surface area (Å²) < 4.78 is 3.67. The average molecular weight is 544 g/mol. The van der Waals surface area contributed by atoms with Gasteiger partial charge in [-0.25, -0.2) is 0 Å². The molecule has 120 valence electrons. The minimum absolute atomic E-state index is 0. The van der Waals surface area contributed by atoms with Gasteiger partial charge in [-0.1, -0.05) is 0 Å². The fourth-order valence-electron chi connectivity index (χ4n) is 3.11. The summed E-state index contributed by atoms with van der Waals surface area (Å²) in [7, 11) is 0. The van der Waals surface area contributed by atoms with Gasteiger partial charge in [0, 0.05) is 0 Å². The number of hydrogen-bond acceptors (Lipinski definition) is 0. The van der Waals surface area contributed by atoms with Gasteiger partial charge in [0.2, 0.25) is 0 Å². The number of allylic oxidation sites excluding steroid dienone is 5. The molecule has 2 aliphatic rings. The zero-order valence-electron chi connectivity index (χ0n) is 12.8. The van der Waals surface area contributed by atoms with Gasteiger partial charge in [-0.2, -0.15) is 0 Å². The van der Waals surface area contributed by atoms with E-state index in [9.17, 15) is 0 Å². The summed E-state index contributed by atoms with van der Waals surface area (Å²) >= 11 is 1.74. The predicted molar refractivity (Wildman–Crippen MR) is 98.1 cm³/mol. The molecule has 0 bridgehead atoms. The molecule has 0 heterocycles. The van der Waals surface area contributed by atoms with E-state index in [4.69, 9.17) is 0 Å². The Morgan fingerprint density at radius 1 is 0.958 bits per heavy atom. The van der Waals surface area contributed by atoms with Gasteiger partial charge in [-0.05, 0) is 0 Å². The van der Waals surface area contributed by atoms with Gasteiger partial charge in [0.25, 0.3) is 0 Å². The van der Waals surface area contributed by atoms with Crippen LogP contribution in [-0.2, 0) is 23.2 Å². The smallest absolute Gasteiger partial charge is 1.00 e. The van der Waals surface area contributed by atoms with Gasteiger partial charge in [0.15, 0.2) is 0 Å². The van der Waals surface area contributed by atoms with Crippen molar-refractivity contribution in [3.8, 4) is 0 Å². The van der Waals surface area contributed by atoms with Crippen molar-refractivity contribution in [1.29, 1.82) is 0 Å². The molecule has 1 unspecified atom stereocenters. The third kappa shape index (κ3) is 4.15. The van der Waals surface area contributed by atoms with Gasteiger partial charge in [0.1, 0.15) is 0 Å². The fraction of sp³-hybridized carbons (Fsp3) is 0.100. The van der Waals surface area contributed by atoms with Gasteiger partial charge in [0.05, 0.1) is 0 Å². The number of halogens is 3. The Bertz CT molecular complexity index is 807. The van der Waals surface area contributed by atoms with E-state index in [2.05, 4.69) is 95.4 Å². The molecule has 2 aliphatic carbocycles. The minimum atomic E-state index is -0.640. The number of rotatable bonds is 3. The zero-order valence-corrected chi connectivity index (χ0v) is 19.0. The molecular formula is C20H15Cl2IZr. The first-order chi connectivity index (χ1) is 10.8. The third-order valence-corrected chi connectivity index (χ3v) is 8.99. The predicted octanol–water partition coefficient (Wildman–Crippen LogP) is -0.179. The summed E-state index contributed by atoms with van der Waals surface area (Å²) in [4.78, 5) is 0. The van der Waals surface area contributed by atoms with Crippen molar-refractivity contribution in [3.63, 3.8) is 0 Å². The molecule has 0 nitrogen and oxygen atoms in total. The monoisotopic (exact) mass is 542 g/mol. The fourth-order valence-corrected chi connectivity index (χ4v) is 7.46. The molecule has 0 fully saturated rings. The molecule has 0 aromatic heterocycles. The first kappa shape index (κ1) is 20.2. The van der Waals surface area contributed by atoms with Crippen molar-refractivity contribution in [2.45, 2.75) is 10.0 Å². The van der Waals surface area contributed by atoms with Crippen LogP contribution in [0.2, 0.25) is 0 Å². The molecule has 24 heavy (non-hydrogen) atoms. The van der Waals surface area contributed by atoms with E-state index in [-0.39, 0.29) is 24.8 Å². The van der Waals surface area contributed by atoms with Crippen molar-refractivity contribution in [2.75, 3.05) is 0 Å². The molecule has 0 saturated heterocycles. The molecule has 4 heteroatoms. The van der Waals surface area contributed by atoms with Gasteiger partial charge >= 0.3 is 158 Å². The van der Waals surface area contributed by atoms with Crippen LogP contribution < -0.4 is 24.8 Å². The van der Waals surface area contributed by atoms with E-state index in [1.165, 1.54) is 26.7 Å². The first-order valence-electron chi connectivity index (χ1n) is 7.50. The Kier molecular flexibility index (Phi) is 7.55. The van der Waals surface area contributed by atoms with E-state index < -0.39 is 23.2 Å². The van der Waals surface area contributed by atoms with Crippen LogP contribution in [0.4, 0.5) is 0 Å². The van der Waals surface area contributed by atoms with Crippen molar-refractivity contribution < 1.29 is 48.0 Å². The van der Waals surface area contributed by atoms with Crippen molar-refractivity contribution in [2.24, 2.45) is 0 Å². The second-order valence-corrected chi connectivity index (χ2v) is 10.6. The molecule has 1 atom stereocenters. The van der Waals surface area contributed by atoms with Gasteiger partial charge in [-0.15, -0.1) is 0 Å². The molecule has 0 amide bonds. The summed E-state index contributed by atoms with van der Waals surface area (Å²) in [6.45, 7) is 0. The Hall–Kier alpha value is -0.147. The number of fused-ring (bicyclic) bond motifs is 1. The van der Waals surface area contributed by atoms with Crippen LogP contribution >= 0.6 is 22.6 Å². The quantitative estimate of drug-likeness (QED) is 0.471. The molecule has 0 N–H and O–H groups in total. The van der Waals surface area contributed by atoms with Crippen molar-refractivity contribution in [1.82, 2.24) is 0 Å². The van der Waals surface area contributed by atoms with Crippen molar-refractivity contribution in [3.05, 3.63) is 90.3 Å². The Morgan fingerprint density at radius 3 is 2.42 bits per heavy atom. The Morgan fingerprint density at radius 2 is 1.71 bits per heavy atom. The first-order valence-corrected chi connectivity index (χ1v) is 11.2. The summed E-state index contributed by atoms with van der Waals surface area (Å²) in [6, 6.07) is 18.0. The molecule has 4 rings (SSSR count). The molecule has 0 saturated carbocycles. The van der Waals surface area contributed by atoms with Crippen LogP contribution in [0.25, 0.3) is 11.6 Å². The number of hydrogen-bond donors (Lipinski definition) is 0. The van der Waals surface area contributed by atoms with Crippen LogP contribution in [0.15, 0.2) is 70.0 Å². The van der Waals surface area contributed by atoms with E-state index in [1.54, 1.807) is 8.84 Å². The van der Waals surface area contributed by atoms with Crippen molar-refractivity contribution >= 4 is 34.2 Å². The van der Waals surface area contributed by atoms with Gasteiger partial charge in [-0.3, -0.25) is 0 Å². The summed E-state index contributed by atoms with van der Waals surface area (Å²) in [6.07, 6.45) is 10.5. The Balaban J connectivity index is 0.00000104. The summed E-state index contributed by atoms with van der Waals surface area (Å²) in [5.74, 6) is 0. The molecule has 0 aliphatic heterocycles. The third-order valence-electron chi connectivity index (χ3n) is 4.21. The number of benzene rings is 2. The normalized spacial score (nSPS) is 17.1. The second-order valence-electron chi connectivity index (χ2n) is 5.64. The van der Waals surface area contributed by atoms with E-state index >= 15 is 0 Å². The van der Waals surface area contributed by atoms with Crippen LogP contribution in [0, 0.1) is 3.57 Å². The topological polar surface area (TPSA) is 0 Å². The molecule has 2 aromatic rings. The molecular weight excluding hydrogens is 529 g/mol. The van der Waals surface area contributed by atoms with Crippen LogP contribution in [0.3, 0.4) is 0 Å². The summed E-state index contributed by atoms with van der Waals surface area (Å²) in [5, 5.41) is 0. The molecule has 2 aromatic carbocycles. The van der Waals surface area contributed by atoms with E-state index in [0.717, 1.165) is 0 Å². The van der Waals surface area contributed by atoms with Crippen LogP contribution in [-0.4, -0.2) is 0 Å². The van der Waals surface area contributed by atoms with Crippen LogP contribution in [0.1, 0.15) is 26.7 Å². The van der Waals surface area contributed by atoms with E-state index in [0.29, 0.717) is 3.63 Å². The molecule has 0 radical (unpaired) electrons. The Labute approximate surface area is 181 Å². The SMILES string of the molecule is Ic1ccc(C2=Cc3ccccc3[CH]2[Zr+2][C]2=CC=CC2)cc1.[Cl-].[Cl-]. The maximum absolute atomic E-state index is 2.42. The van der Waals surface area contributed by atoms with Gasteiger partial charge < -0.3 is 24.8 Å². The largest absolute Gasteiger partial charge is 1.00 e. The van der Waals surface area contributed by atoms with E-state index in [1.807, 2.05) is 0 Å². The maximum Gasteiger partial charge on any atom is -1.00 e. The second kappa shape index (κ2) is 8.98. The standard InChI is InChI=1S/C15H10I.C5H5.2ClH.Zr/c16-15-7-5-11(6-8-15)14-9-12-3-1-2-4-13(12)10-14;1-2-4-5-3-1;;;/h1-10H;1-3H,4H2;2*1H;/q;;;;+2/p-2. The average Bonchev–Trinajstić information content (AvgIpc) is 3.17.